The highest BCUT2D eigenvalue weighted by Gasteiger charge is 2.16. The Morgan fingerprint density at radius 2 is 1.73 bits per heavy atom. The Balaban J connectivity index is 2.79. The lowest BCUT2D eigenvalue weighted by molar-refractivity contribution is 0.410. The first-order valence-corrected chi connectivity index (χ1v) is 5.48. The van der Waals surface area contributed by atoms with E-state index in [1.807, 2.05) is 0 Å². The first kappa shape index (κ1) is 10.3. The van der Waals surface area contributed by atoms with E-state index in [1.54, 1.807) is 0 Å². The van der Waals surface area contributed by atoms with Crippen molar-refractivity contribution < 1.29 is 0 Å². The van der Waals surface area contributed by atoms with Crippen molar-refractivity contribution in [1.82, 2.24) is 4.57 Å². The van der Waals surface area contributed by atoms with Crippen LogP contribution in [0.15, 0.2) is 24.4 Å². The molecule has 0 aliphatic rings. The Labute approximate surface area is 91.7 Å². The van der Waals surface area contributed by atoms with Crippen LogP contribution in [0.25, 0.3) is 10.9 Å². The van der Waals surface area contributed by atoms with Gasteiger partial charge in [-0.3, -0.25) is 0 Å². The molecule has 0 aliphatic heterocycles. The van der Waals surface area contributed by atoms with Crippen molar-refractivity contribution in [3.8, 4) is 0 Å². The lowest BCUT2D eigenvalue weighted by Crippen LogP contribution is -2.20. The molecule has 1 heterocycles. The minimum Gasteiger partial charge on any atom is -0.342 e. The van der Waals surface area contributed by atoms with Gasteiger partial charge in [0.05, 0.1) is 0 Å². The Morgan fingerprint density at radius 1 is 1.07 bits per heavy atom. The zero-order chi connectivity index (χ0) is 11.2. The molecular weight excluding hydrogens is 182 g/mol. The van der Waals surface area contributed by atoms with Crippen LogP contribution in [0.2, 0.25) is 0 Å². The van der Waals surface area contributed by atoms with Gasteiger partial charge in [0, 0.05) is 22.6 Å². The predicted molar refractivity (Wildman–Crippen MR) is 66.4 cm³/mol. The summed E-state index contributed by atoms with van der Waals surface area (Å²) in [7, 11) is 0. The summed E-state index contributed by atoms with van der Waals surface area (Å²) >= 11 is 0. The van der Waals surface area contributed by atoms with Gasteiger partial charge in [0.2, 0.25) is 0 Å². The van der Waals surface area contributed by atoms with Crippen LogP contribution in [0, 0.1) is 13.8 Å². The molecule has 0 bridgehead atoms. The van der Waals surface area contributed by atoms with Gasteiger partial charge in [-0.05, 0) is 52.3 Å². The number of hydrogen-bond acceptors (Lipinski definition) is 0. The third kappa shape index (κ3) is 1.67. The highest BCUT2D eigenvalue weighted by atomic mass is 15.0. The minimum absolute atomic E-state index is 0.155. The summed E-state index contributed by atoms with van der Waals surface area (Å²) in [6.07, 6.45) is 2.25. The molecule has 0 N–H and O–H groups in total. The molecule has 0 atom stereocenters. The lowest BCUT2D eigenvalue weighted by Gasteiger charge is -2.22. The molecule has 15 heavy (non-hydrogen) atoms. The van der Waals surface area contributed by atoms with Crippen molar-refractivity contribution in [3.63, 3.8) is 0 Å². The van der Waals surface area contributed by atoms with E-state index in [-0.39, 0.29) is 5.54 Å². The lowest BCUT2D eigenvalue weighted by atomic mass is 10.1. The summed E-state index contributed by atoms with van der Waals surface area (Å²) in [6, 6.07) is 6.68. The number of hydrogen-bond donors (Lipinski definition) is 0. The molecule has 0 amide bonds. The minimum atomic E-state index is 0.155. The molecule has 0 aliphatic carbocycles. The molecule has 1 aromatic carbocycles. The maximum absolute atomic E-state index is 2.36. The largest absolute Gasteiger partial charge is 0.342 e. The zero-order valence-corrected chi connectivity index (χ0v) is 10.3. The van der Waals surface area contributed by atoms with Crippen LogP contribution >= 0.6 is 0 Å². The van der Waals surface area contributed by atoms with Crippen LogP contribution in [0.5, 0.6) is 0 Å². The van der Waals surface area contributed by atoms with Gasteiger partial charge in [-0.15, -0.1) is 0 Å². The molecule has 0 saturated heterocycles. The van der Waals surface area contributed by atoms with Crippen LogP contribution in [-0.2, 0) is 5.54 Å². The van der Waals surface area contributed by atoms with Crippen molar-refractivity contribution in [3.05, 3.63) is 35.5 Å². The fourth-order valence-electron chi connectivity index (χ4n) is 2.06. The summed E-state index contributed by atoms with van der Waals surface area (Å²) in [6.45, 7) is 11.1. The molecule has 2 rings (SSSR count). The summed E-state index contributed by atoms with van der Waals surface area (Å²) < 4.78 is 2.36. The number of aromatic nitrogens is 1. The van der Waals surface area contributed by atoms with Gasteiger partial charge in [0.25, 0.3) is 0 Å². The van der Waals surface area contributed by atoms with Gasteiger partial charge in [-0.2, -0.15) is 0 Å². The second kappa shape index (κ2) is 3.13. The van der Waals surface area contributed by atoms with E-state index in [9.17, 15) is 0 Å². The molecule has 1 nitrogen and oxygen atoms in total. The van der Waals surface area contributed by atoms with Crippen molar-refractivity contribution in [2.45, 2.75) is 40.2 Å². The summed E-state index contributed by atoms with van der Waals surface area (Å²) in [5.41, 5.74) is 4.19. The fourth-order valence-corrected chi connectivity index (χ4v) is 2.06. The van der Waals surface area contributed by atoms with E-state index in [4.69, 9.17) is 0 Å². The summed E-state index contributed by atoms with van der Waals surface area (Å²) in [4.78, 5) is 0. The number of benzene rings is 1. The number of rotatable bonds is 0. The van der Waals surface area contributed by atoms with Gasteiger partial charge >= 0.3 is 0 Å². The quantitative estimate of drug-likeness (QED) is 0.607. The molecule has 1 aromatic heterocycles. The monoisotopic (exact) mass is 201 g/mol. The van der Waals surface area contributed by atoms with E-state index in [1.165, 1.54) is 22.0 Å². The maximum Gasteiger partial charge on any atom is 0.0488 e. The molecule has 80 valence electrons. The molecule has 1 heteroatoms. The molecule has 0 spiro atoms. The van der Waals surface area contributed by atoms with E-state index >= 15 is 0 Å². The normalized spacial score (nSPS) is 12.3. The summed E-state index contributed by atoms with van der Waals surface area (Å²) in [5, 5.41) is 1.38. The Morgan fingerprint density at radius 3 is 2.33 bits per heavy atom. The predicted octanol–water partition coefficient (Wildman–Crippen LogP) is 4.01. The highest BCUT2D eigenvalue weighted by molar-refractivity contribution is 5.84. The first-order chi connectivity index (χ1) is 6.89. The Bertz CT molecular complexity index is 498. The van der Waals surface area contributed by atoms with E-state index in [2.05, 4.69) is 63.6 Å². The van der Waals surface area contributed by atoms with Crippen LogP contribution in [0.3, 0.4) is 0 Å². The topological polar surface area (TPSA) is 4.93 Å². The molecule has 0 unspecified atom stereocenters. The second-order valence-electron chi connectivity index (χ2n) is 5.37. The molecule has 0 fully saturated rings. The number of nitrogens with zero attached hydrogens (tertiary/aromatic N) is 1. The Kier molecular flexibility index (Phi) is 2.14. The number of fused-ring (bicyclic) bond motifs is 1. The first-order valence-electron chi connectivity index (χ1n) is 5.48. The molecule has 2 aromatic rings. The third-order valence-electron chi connectivity index (χ3n) is 2.88. The summed E-state index contributed by atoms with van der Waals surface area (Å²) in [5.74, 6) is 0. The van der Waals surface area contributed by atoms with Crippen LogP contribution < -0.4 is 0 Å². The second-order valence-corrected chi connectivity index (χ2v) is 5.37. The van der Waals surface area contributed by atoms with Crippen molar-refractivity contribution >= 4 is 10.9 Å². The van der Waals surface area contributed by atoms with E-state index in [0.29, 0.717) is 0 Å². The van der Waals surface area contributed by atoms with Crippen LogP contribution in [0.4, 0.5) is 0 Å². The smallest absolute Gasteiger partial charge is 0.0488 e. The van der Waals surface area contributed by atoms with Crippen molar-refractivity contribution in [2.24, 2.45) is 0 Å². The standard InChI is InChI=1S/C14H19N/c1-10-6-7-13-12(8-10)11(2)9-15(13)14(3,4)5/h6-9H,1-5H3. The average Bonchev–Trinajstić information content (AvgIpc) is 2.43. The molecule has 0 radical (unpaired) electrons. The Hall–Kier alpha value is -1.24. The maximum atomic E-state index is 2.36. The van der Waals surface area contributed by atoms with Gasteiger partial charge < -0.3 is 4.57 Å². The van der Waals surface area contributed by atoms with Gasteiger partial charge in [0.15, 0.2) is 0 Å². The molecule has 0 saturated carbocycles. The fraction of sp³-hybridized carbons (Fsp3) is 0.429. The van der Waals surface area contributed by atoms with Crippen LogP contribution in [0.1, 0.15) is 31.9 Å². The van der Waals surface area contributed by atoms with Crippen molar-refractivity contribution in [2.75, 3.05) is 0 Å². The van der Waals surface area contributed by atoms with Gasteiger partial charge in [-0.25, -0.2) is 0 Å². The van der Waals surface area contributed by atoms with Gasteiger partial charge in [-0.1, -0.05) is 11.6 Å². The van der Waals surface area contributed by atoms with Gasteiger partial charge in [0.1, 0.15) is 0 Å². The van der Waals surface area contributed by atoms with E-state index < -0.39 is 0 Å². The van der Waals surface area contributed by atoms with Crippen molar-refractivity contribution in [1.29, 1.82) is 0 Å². The SMILES string of the molecule is Cc1ccc2c(c1)c(C)cn2C(C)(C)C. The molecular formula is C14H19N. The highest BCUT2D eigenvalue weighted by Crippen LogP contribution is 2.27. The third-order valence-corrected chi connectivity index (χ3v) is 2.88. The van der Waals surface area contributed by atoms with E-state index in [0.717, 1.165) is 0 Å². The van der Waals surface area contributed by atoms with Crippen LogP contribution in [-0.4, -0.2) is 4.57 Å². The average molecular weight is 201 g/mol. The zero-order valence-electron chi connectivity index (χ0n) is 10.3. The number of aryl methyl sites for hydroxylation is 2.